The Hall–Kier alpha value is -2.34. The minimum absolute atomic E-state index is 0.265. The lowest BCUT2D eigenvalue weighted by molar-refractivity contribution is -0.135. The summed E-state index contributed by atoms with van der Waals surface area (Å²) in [5.74, 6) is -2.71. The van der Waals surface area contributed by atoms with Crippen LogP contribution in [0.25, 0.3) is 11.3 Å². The summed E-state index contributed by atoms with van der Waals surface area (Å²) in [4.78, 5) is 23.1. The number of piperazine rings is 1. The molecule has 3 heterocycles. The van der Waals surface area contributed by atoms with Gasteiger partial charge in [0, 0.05) is 63.3 Å². The molecule has 0 aliphatic carbocycles. The normalized spacial score (nSPS) is 17.6. The Balaban J connectivity index is 1.45. The molecule has 0 saturated carbocycles. The van der Waals surface area contributed by atoms with Gasteiger partial charge in [-0.15, -0.1) is 11.3 Å². The molecule has 1 aromatic carbocycles. The standard InChI is InChI=1S/C21H27F2N5O3S/c22-16-2-1-15(17-14-32-21(25-17)28-9-11-30-12-10-28)20(19(16)23)31-13-18(29)27-7-5-26(4-3-24)6-8-27/h1-2,14H,3-13,24H2. The predicted octanol–water partition coefficient (Wildman–Crippen LogP) is 1.41. The molecule has 0 atom stereocenters. The molecule has 2 aromatic rings. The van der Waals surface area contributed by atoms with E-state index in [9.17, 15) is 13.6 Å². The SMILES string of the molecule is NCCN1CCN(C(=O)COc2c(-c3csc(N4CCOCC4)n3)ccc(F)c2F)CC1. The van der Waals surface area contributed by atoms with Gasteiger partial charge >= 0.3 is 0 Å². The first kappa shape index (κ1) is 22.8. The first-order valence-electron chi connectivity index (χ1n) is 10.7. The van der Waals surface area contributed by atoms with Crippen molar-refractivity contribution in [1.82, 2.24) is 14.8 Å². The summed E-state index contributed by atoms with van der Waals surface area (Å²) < 4.78 is 39.5. The molecule has 2 aliphatic rings. The smallest absolute Gasteiger partial charge is 0.260 e. The Morgan fingerprint density at radius 2 is 1.91 bits per heavy atom. The van der Waals surface area contributed by atoms with Gasteiger partial charge in [-0.3, -0.25) is 9.69 Å². The van der Waals surface area contributed by atoms with Crippen molar-refractivity contribution in [2.75, 3.05) is 77.1 Å². The first-order valence-corrected chi connectivity index (χ1v) is 11.5. The molecular formula is C21H27F2N5O3S. The van der Waals surface area contributed by atoms with Gasteiger partial charge in [-0.05, 0) is 12.1 Å². The summed E-state index contributed by atoms with van der Waals surface area (Å²) in [6, 6.07) is 2.48. The maximum absolute atomic E-state index is 14.6. The highest BCUT2D eigenvalue weighted by atomic mass is 32.1. The fraction of sp³-hybridized carbons (Fsp3) is 0.524. The van der Waals surface area contributed by atoms with E-state index in [0.717, 1.165) is 43.9 Å². The topological polar surface area (TPSA) is 84.2 Å². The van der Waals surface area contributed by atoms with E-state index in [1.807, 2.05) is 0 Å². The van der Waals surface area contributed by atoms with Crippen molar-refractivity contribution in [1.29, 1.82) is 0 Å². The predicted molar refractivity (Wildman–Crippen MR) is 118 cm³/mol. The van der Waals surface area contributed by atoms with Crippen molar-refractivity contribution in [2.24, 2.45) is 5.73 Å². The molecule has 0 bridgehead atoms. The molecule has 174 valence electrons. The maximum atomic E-state index is 14.6. The third kappa shape index (κ3) is 5.17. The quantitative estimate of drug-likeness (QED) is 0.659. The average molecular weight is 468 g/mol. The molecule has 2 fully saturated rings. The number of hydrogen-bond donors (Lipinski definition) is 1. The van der Waals surface area contributed by atoms with Crippen LogP contribution in [-0.4, -0.2) is 92.9 Å². The Morgan fingerprint density at radius 1 is 1.16 bits per heavy atom. The summed E-state index contributed by atoms with van der Waals surface area (Å²) in [5.41, 5.74) is 6.38. The second-order valence-electron chi connectivity index (χ2n) is 7.65. The molecule has 11 heteroatoms. The number of aromatic nitrogens is 1. The van der Waals surface area contributed by atoms with E-state index in [1.54, 1.807) is 10.3 Å². The van der Waals surface area contributed by atoms with Gasteiger partial charge < -0.3 is 25.0 Å². The molecule has 0 unspecified atom stereocenters. The van der Waals surface area contributed by atoms with Crippen LogP contribution in [0.15, 0.2) is 17.5 Å². The number of thiazole rings is 1. The fourth-order valence-electron chi connectivity index (χ4n) is 3.79. The molecule has 0 radical (unpaired) electrons. The van der Waals surface area contributed by atoms with Crippen LogP contribution >= 0.6 is 11.3 Å². The van der Waals surface area contributed by atoms with E-state index >= 15 is 0 Å². The van der Waals surface area contributed by atoms with Gasteiger partial charge in [-0.2, -0.15) is 4.39 Å². The molecule has 2 aliphatic heterocycles. The van der Waals surface area contributed by atoms with E-state index in [0.29, 0.717) is 44.1 Å². The van der Waals surface area contributed by atoms with Crippen LogP contribution in [-0.2, 0) is 9.53 Å². The highest BCUT2D eigenvalue weighted by molar-refractivity contribution is 7.14. The number of amides is 1. The number of hydrogen-bond acceptors (Lipinski definition) is 8. The van der Waals surface area contributed by atoms with Crippen molar-refractivity contribution in [3.63, 3.8) is 0 Å². The number of nitrogens with zero attached hydrogens (tertiary/aromatic N) is 4. The van der Waals surface area contributed by atoms with Crippen LogP contribution in [0.2, 0.25) is 0 Å². The summed E-state index contributed by atoms with van der Waals surface area (Å²) >= 11 is 1.42. The third-order valence-corrected chi connectivity index (χ3v) is 6.51. The molecule has 2 N–H and O–H groups in total. The van der Waals surface area contributed by atoms with Gasteiger partial charge in [0.15, 0.2) is 23.3 Å². The lowest BCUT2D eigenvalue weighted by Crippen LogP contribution is -2.50. The second kappa shape index (κ2) is 10.5. The van der Waals surface area contributed by atoms with Gasteiger partial charge in [0.05, 0.1) is 18.9 Å². The maximum Gasteiger partial charge on any atom is 0.260 e. The fourth-order valence-corrected chi connectivity index (χ4v) is 4.67. The highest BCUT2D eigenvalue weighted by Crippen LogP contribution is 2.36. The Bertz CT molecular complexity index is 930. The number of ether oxygens (including phenoxy) is 2. The third-order valence-electron chi connectivity index (χ3n) is 5.61. The van der Waals surface area contributed by atoms with E-state index in [1.165, 1.54) is 17.4 Å². The molecule has 32 heavy (non-hydrogen) atoms. The number of rotatable bonds is 7. The van der Waals surface area contributed by atoms with Crippen LogP contribution < -0.4 is 15.4 Å². The van der Waals surface area contributed by atoms with Crippen LogP contribution in [0, 0.1) is 11.6 Å². The van der Waals surface area contributed by atoms with Gasteiger partial charge in [0.25, 0.3) is 5.91 Å². The number of carbonyl (C=O) groups is 1. The lowest BCUT2D eigenvalue weighted by atomic mass is 10.1. The average Bonchev–Trinajstić information content (AvgIpc) is 3.31. The number of morpholine rings is 1. The Labute approximate surface area is 189 Å². The number of halogens is 2. The number of nitrogens with two attached hydrogens (primary N) is 1. The summed E-state index contributed by atoms with van der Waals surface area (Å²) in [6.45, 7) is 6.24. The summed E-state index contributed by atoms with van der Waals surface area (Å²) in [6.07, 6.45) is 0. The van der Waals surface area contributed by atoms with Crippen molar-refractivity contribution in [3.05, 3.63) is 29.1 Å². The molecule has 0 spiro atoms. The lowest BCUT2D eigenvalue weighted by Gasteiger charge is -2.34. The minimum Gasteiger partial charge on any atom is -0.480 e. The summed E-state index contributed by atoms with van der Waals surface area (Å²) in [7, 11) is 0. The zero-order valence-electron chi connectivity index (χ0n) is 17.8. The van der Waals surface area contributed by atoms with Gasteiger partial charge in [0.2, 0.25) is 5.82 Å². The van der Waals surface area contributed by atoms with E-state index in [2.05, 4.69) is 14.8 Å². The minimum atomic E-state index is -1.12. The van der Waals surface area contributed by atoms with Crippen molar-refractivity contribution in [2.45, 2.75) is 0 Å². The Morgan fingerprint density at radius 3 is 2.62 bits per heavy atom. The Kier molecular flexibility index (Phi) is 7.51. The monoisotopic (exact) mass is 467 g/mol. The van der Waals surface area contributed by atoms with Crippen molar-refractivity contribution in [3.8, 4) is 17.0 Å². The molecule has 2 saturated heterocycles. The zero-order chi connectivity index (χ0) is 22.5. The van der Waals surface area contributed by atoms with Crippen LogP contribution in [0.3, 0.4) is 0 Å². The van der Waals surface area contributed by atoms with E-state index in [-0.39, 0.29) is 18.3 Å². The van der Waals surface area contributed by atoms with Crippen LogP contribution in [0.5, 0.6) is 5.75 Å². The number of anilines is 1. The number of benzene rings is 1. The molecule has 4 rings (SSSR count). The van der Waals surface area contributed by atoms with Crippen LogP contribution in [0.1, 0.15) is 0 Å². The first-order chi connectivity index (χ1) is 15.6. The van der Waals surface area contributed by atoms with Gasteiger partial charge in [0.1, 0.15) is 0 Å². The van der Waals surface area contributed by atoms with Crippen molar-refractivity contribution >= 4 is 22.4 Å². The molecular weight excluding hydrogens is 440 g/mol. The largest absolute Gasteiger partial charge is 0.480 e. The molecule has 1 aromatic heterocycles. The van der Waals surface area contributed by atoms with E-state index < -0.39 is 11.6 Å². The summed E-state index contributed by atoms with van der Waals surface area (Å²) in [5, 5.41) is 2.56. The highest BCUT2D eigenvalue weighted by Gasteiger charge is 2.24. The van der Waals surface area contributed by atoms with Crippen LogP contribution in [0.4, 0.5) is 13.9 Å². The molecule has 1 amide bonds. The van der Waals surface area contributed by atoms with Gasteiger partial charge in [-0.25, -0.2) is 9.37 Å². The number of carbonyl (C=O) groups excluding carboxylic acids is 1. The van der Waals surface area contributed by atoms with Crippen molar-refractivity contribution < 1.29 is 23.0 Å². The van der Waals surface area contributed by atoms with Gasteiger partial charge in [-0.1, -0.05) is 0 Å². The zero-order valence-corrected chi connectivity index (χ0v) is 18.6. The second-order valence-corrected chi connectivity index (χ2v) is 8.49. The molecule has 8 nitrogen and oxygen atoms in total. The van der Waals surface area contributed by atoms with E-state index in [4.69, 9.17) is 15.2 Å².